The van der Waals surface area contributed by atoms with Crippen LogP contribution in [0.2, 0.25) is 0 Å². The summed E-state index contributed by atoms with van der Waals surface area (Å²) in [5, 5.41) is 9.46. The Labute approximate surface area is 180 Å². The summed E-state index contributed by atoms with van der Waals surface area (Å²) in [6.07, 6.45) is 0.605. The number of aliphatic carboxylic acids is 1. The molecule has 1 saturated heterocycles. The quantitative estimate of drug-likeness (QED) is 0.559. The van der Waals surface area contributed by atoms with Gasteiger partial charge < -0.3 is 9.84 Å². The van der Waals surface area contributed by atoms with Gasteiger partial charge in [-0.2, -0.15) is 0 Å². The zero-order valence-electron chi connectivity index (χ0n) is 16.8. The number of carbonyl (C=O) groups is 3. The lowest BCUT2D eigenvalue weighted by molar-refractivity contribution is -0.141. The van der Waals surface area contributed by atoms with E-state index in [0.29, 0.717) is 11.5 Å². The number of imide groups is 1. The van der Waals surface area contributed by atoms with Crippen LogP contribution in [0, 0.1) is 5.92 Å². The minimum absolute atomic E-state index is 0.00376. The highest BCUT2D eigenvalue weighted by Crippen LogP contribution is 2.24. The fraction of sp³-hybridized carbons (Fsp3) is 0.318. The third kappa shape index (κ3) is 5.91. The number of amides is 2. The Morgan fingerprint density at radius 2 is 1.55 bits per heavy atom. The summed E-state index contributed by atoms with van der Waals surface area (Å²) in [5.74, 6) is -2.42. The molecule has 2 aromatic carbocycles. The molecular weight excluding hydrogens is 422 g/mol. The third-order valence-electron chi connectivity index (χ3n) is 5.02. The normalized spacial score (nSPS) is 15.2. The van der Waals surface area contributed by atoms with Crippen molar-refractivity contribution in [3.63, 3.8) is 0 Å². The molecule has 1 aliphatic heterocycles. The van der Waals surface area contributed by atoms with E-state index in [9.17, 15) is 27.9 Å². The van der Waals surface area contributed by atoms with Crippen molar-refractivity contribution in [1.82, 2.24) is 4.90 Å². The first-order valence-electron chi connectivity index (χ1n) is 9.88. The molecule has 3 rings (SSSR count). The van der Waals surface area contributed by atoms with Gasteiger partial charge in [-0.15, -0.1) is 0 Å². The van der Waals surface area contributed by atoms with Gasteiger partial charge >= 0.3 is 5.97 Å². The number of sulfone groups is 1. The molecule has 0 spiro atoms. The molecule has 0 saturated carbocycles. The Balaban J connectivity index is 1.60. The van der Waals surface area contributed by atoms with Gasteiger partial charge in [-0.3, -0.25) is 19.3 Å². The zero-order valence-corrected chi connectivity index (χ0v) is 17.6. The number of likely N-dealkylation sites (tertiary alicyclic amines) is 1. The lowest BCUT2D eigenvalue weighted by atomic mass is 10.1. The molecule has 9 heteroatoms. The van der Waals surface area contributed by atoms with E-state index < -0.39 is 27.5 Å². The Morgan fingerprint density at radius 3 is 2.13 bits per heavy atom. The lowest BCUT2D eigenvalue weighted by Crippen LogP contribution is -2.31. The third-order valence-corrected chi connectivity index (χ3v) is 6.85. The van der Waals surface area contributed by atoms with E-state index in [2.05, 4.69) is 0 Å². The second kappa shape index (κ2) is 9.74. The van der Waals surface area contributed by atoms with E-state index in [1.54, 1.807) is 12.1 Å². The predicted molar refractivity (Wildman–Crippen MR) is 111 cm³/mol. The SMILES string of the molecule is O=C(O)C(CCCN1C(=O)CCC1=O)CS(=O)(=O)c1ccc(Oc2ccccc2)cc1. The van der Waals surface area contributed by atoms with E-state index in [4.69, 9.17) is 4.74 Å². The minimum atomic E-state index is -3.85. The highest BCUT2D eigenvalue weighted by atomic mass is 32.2. The highest BCUT2D eigenvalue weighted by Gasteiger charge is 2.30. The number of carboxylic acids is 1. The van der Waals surface area contributed by atoms with E-state index in [0.717, 1.165) is 4.90 Å². The van der Waals surface area contributed by atoms with Crippen molar-refractivity contribution < 1.29 is 32.6 Å². The van der Waals surface area contributed by atoms with E-state index in [1.807, 2.05) is 18.2 Å². The number of para-hydroxylation sites is 1. The van der Waals surface area contributed by atoms with Gasteiger partial charge in [0.25, 0.3) is 0 Å². The van der Waals surface area contributed by atoms with Crippen LogP contribution in [0.3, 0.4) is 0 Å². The maximum Gasteiger partial charge on any atom is 0.307 e. The van der Waals surface area contributed by atoms with Crippen LogP contribution in [0.25, 0.3) is 0 Å². The smallest absolute Gasteiger partial charge is 0.307 e. The van der Waals surface area contributed by atoms with Crippen molar-refractivity contribution in [1.29, 1.82) is 0 Å². The summed E-state index contributed by atoms with van der Waals surface area (Å²) in [6.45, 7) is 0.104. The Kier molecular flexibility index (Phi) is 7.06. The van der Waals surface area contributed by atoms with Gasteiger partial charge in [0.15, 0.2) is 9.84 Å². The molecule has 1 N–H and O–H groups in total. The number of hydrogen-bond donors (Lipinski definition) is 1. The van der Waals surface area contributed by atoms with Crippen LogP contribution in [0.5, 0.6) is 11.5 Å². The first-order valence-corrected chi connectivity index (χ1v) is 11.5. The van der Waals surface area contributed by atoms with Gasteiger partial charge in [-0.05, 0) is 49.2 Å². The van der Waals surface area contributed by atoms with Crippen molar-refractivity contribution in [3.8, 4) is 11.5 Å². The van der Waals surface area contributed by atoms with Crippen molar-refractivity contribution in [2.45, 2.75) is 30.6 Å². The minimum Gasteiger partial charge on any atom is -0.481 e. The van der Waals surface area contributed by atoms with E-state index in [-0.39, 0.29) is 48.9 Å². The predicted octanol–water partition coefficient (Wildman–Crippen LogP) is 2.88. The largest absolute Gasteiger partial charge is 0.481 e. The van der Waals surface area contributed by atoms with Crippen LogP contribution in [0.1, 0.15) is 25.7 Å². The average Bonchev–Trinajstić information content (AvgIpc) is 3.06. The van der Waals surface area contributed by atoms with Gasteiger partial charge in [0.2, 0.25) is 11.8 Å². The number of nitrogens with zero attached hydrogens (tertiary/aromatic N) is 1. The molecule has 8 nitrogen and oxygen atoms in total. The maximum atomic E-state index is 12.7. The summed E-state index contributed by atoms with van der Waals surface area (Å²) in [7, 11) is -3.85. The molecule has 1 unspecified atom stereocenters. The van der Waals surface area contributed by atoms with E-state index >= 15 is 0 Å². The van der Waals surface area contributed by atoms with Crippen molar-refractivity contribution >= 4 is 27.6 Å². The molecule has 2 aromatic rings. The molecular formula is C22H23NO7S. The molecule has 0 aromatic heterocycles. The second-order valence-corrected chi connectivity index (χ2v) is 9.32. The van der Waals surface area contributed by atoms with Crippen LogP contribution >= 0.6 is 0 Å². The van der Waals surface area contributed by atoms with Gasteiger partial charge in [0.1, 0.15) is 11.5 Å². The first kappa shape index (κ1) is 22.5. The molecule has 1 atom stereocenters. The van der Waals surface area contributed by atoms with Crippen LogP contribution < -0.4 is 4.74 Å². The molecule has 1 aliphatic rings. The summed E-state index contributed by atoms with van der Waals surface area (Å²) < 4.78 is 31.1. The van der Waals surface area contributed by atoms with Crippen LogP contribution in [-0.2, 0) is 24.2 Å². The number of carboxylic acid groups (broad SMARTS) is 1. The molecule has 0 bridgehead atoms. The maximum absolute atomic E-state index is 12.7. The topological polar surface area (TPSA) is 118 Å². The van der Waals surface area contributed by atoms with Crippen molar-refractivity contribution in [2.24, 2.45) is 5.92 Å². The van der Waals surface area contributed by atoms with Crippen molar-refractivity contribution in [2.75, 3.05) is 12.3 Å². The molecule has 1 fully saturated rings. The average molecular weight is 445 g/mol. The number of hydrogen-bond acceptors (Lipinski definition) is 6. The molecule has 164 valence electrons. The Morgan fingerprint density at radius 1 is 0.968 bits per heavy atom. The van der Waals surface area contributed by atoms with Crippen LogP contribution in [0.4, 0.5) is 0 Å². The van der Waals surface area contributed by atoms with Gasteiger partial charge in [-0.25, -0.2) is 8.42 Å². The fourth-order valence-corrected chi connectivity index (χ4v) is 4.93. The zero-order chi connectivity index (χ0) is 22.4. The molecule has 0 radical (unpaired) electrons. The summed E-state index contributed by atoms with van der Waals surface area (Å²) >= 11 is 0. The summed E-state index contributed by atoms with van der Waals surface area (Å²) in [5.41, 5.74) is 0. The molecule has 31 heavy (non-hydrogen) atoms. The van der Waals surface area contributed by atoms with E-state index in [1.165, 1.54) is 24.3 Å². The number of rotatable bonds is 10. The molecule has 1 heterocycles. The number of benzene rings is 2. The summed E-state index contributed by atoms with van der Waals surface area (Å²) in [6, 6.07) is 14.8. The number of ether oxygens (including phenoxy) is 1. The molecule has 0 aliphatic carbocycles. The second-order valence-electron chi connectivity index (χ2n) is 7.28. The van der Waals surface area contributed by atoms with Gasteiger partial charge in [0.05, 0.1) is 16.6 Å². The Bertz CT molecular complexity index is 1030. The first-order chi connectivity index (χ1) is 14.8. The fourth-order valence-electron chi connectivity index (χ4n) is 3.35. The van der Waals surface area contributed by atoms with Gasteiger partial charge in [0, 0.05) is 19.4 Å². The highest BCUT2D eigenvalue weighted by molar-refractivity contribution is 7.91. The number of carbonyl (C=O) groups excluding carboxylic acids is 2. The van der Waals surface area contributed by atoms with Gasteiger partial charge in [-0.1, -0.05) is 18.2 Å². The van der Waals surface area contributed by atoms with Crippen LogP contribution in [0.15, 0.2) is 59.5 Å². The summed E-state index contributed by atoms with van der Waals surface area (Å²) in [4.78, 5) is 36.0. The lowest BCUT2D eigenvalue weighted by Gasteiger charge is -2.16. The van der Waals surface area contributed by atoms with Crippen molar-refractivity contribution in [3.05, 3.63) is 54.6 Å². The monoisotopic (exact) mass is 445 g/mol. The van der Waals surface area contributed by atoms with Crippen LogP contribution in [-0.4, -0.2) is 48.5 Å². The standard InChI is InChI=1S/C22H23NO7S/c24-20-12-13-21(25)23(20)14-4-5-16(22(26)27)15-31(28,29)19-10-8-18(9-11-19)30-17-6-2-1-3-7-17/h1-3,6-11,16H,4-5,12-15H2,(H,26,27). The Hall–Kier alpha value is -3.20. The molecule has 2 amide bonds.